The Labute approximate surface area is 122 Å². The predicted octanol–water partition coefficient (Wildman–Crippen LogP) is 1.88. The van der Waals surface area contributed by atoms with Crippen molar-refractivity contribution < 1.29 is 4.79 Å². The molecule has 5 heteroatoms. The Morgan fingerprint density at radius 1 is 1.53 bits per heavy atom. The molecule has 1 aromatic rings. The Morgan fingerprint density at radius 3 is 2.95 bits per heavy atom. The fourth-order valence-electron chi connectivity index (χ4n) is 2.51. The summed E-state index contributed by atoms with van der Waals surface area (Å²) in [5.74, 6) is 0.125. The summed E-state index contributed by atoms with van der Waals surface area (Å²) >= 11 is 3.63. The van der Waals surface area contributed by atoms with Gasteiger partial charge < -0.3 is 15.5 Å². The van der Waals surface area contributed by atoms with Crippen LogP contribution < -0.4 is 15.5 Å². The number of nitrogens with one attached hydrogen (secondary N) is 2. The topological polar surface area (TPSA) is 44.4 Å². The lowest BCUT2D eigenvalue weighted by Crippen LogP contribution is -2.55. The Bertz CT molecular complexity index is 464. The molecular weight excluding hydrogens is 306 g/mol. The molecule has 1 fully saturated rings. The van der Waals surface area contributed by atoms with Gasteiger partial charge in [0.1, 0.15) is 6.04 Å². The molecule has 0 spiro atoms. The molecule has 1 aliphatic rings. The van der Waals surface area contributed by atoms with Crippen molar-refractivity contribution in [1.82, 2.24) is 10.6 Å². The van der Waals surface area contributed by atoms with Gasteiger partial charge in [0, 0.05) is 24.1 Å². The van der Waals surface area contributed by atoms with Crippen molar-refractivity contribution >= 4 is 27.5 Å². The van der Waals surface area contributed by atoms with Crippen LogP contribution in [0.1, 0.15) is 18.9 Å². The molecule has 0 aromatic heterocycles. The van der Waals surface area contributed by atoms with E-state index >= 15 is 0 Å². The average Bonchev–Trinajstić information content (AvgIpc) is 2.39. The molecule has 1 heterocycles. The first-order chi connectivity index (χ1) is 9.17. The maximum Gasteiger partial charge on any atom is 0.242 e. The van der Waals surface area contributed by atoms with Crippen molar-refractivity contribution in [3.63, 3.8) is 0 Å². The van der Waals surface area contributed by atoms with Gasteiger partial charge in [-0.3, -0.25) is 4.79 Å². The van der Waals surface area contributed by atoms with E-state index in [9.17, 15) is 4.79 Å². The lowest BCUT2D eigenvalue weighted by Gasteiger charge is -2.37. The summed E-state index contributed by atoms with van der Waals surface area (Å²) in [6, 6.07) is 6.25. The van der Waals surface area contributed by atoms with Crippen LogP contribution in [0.25, 0.3) is 0 Å². The van der Waals surface area contributed by atoms with Crippen molar-refractivity contribution in [3.8, 4) is 0 Å². The number of carbonyl (C=O) groups is 1. The number of hydrogen-bond acceptors (Lipinski definition) is 3. The monoisotopic (exact) mass is 325 g/mol. The number of rotatable bonds is 4. The quantitative estimate of drug-likeness (QED) is 0.888. The first-order valence-electron chi connectivity index (χ1n) is 6.64. The summed E-state index contributed by atoms with van der Waals surface area (Å²) in [5, 5.41) is 6.07. The summed E-state index contributed by atoms with van der Waals surface area (Å²) in [4.78, 5) is 14.1. The van der Waals surface area contributed by atoms with E-state index < -0.39 is 0 Å². The van der Waals surface area contributed by atoms with Crippen LogP contribution >= 0.6 is 15.9 Å². The van der Waals surface area contributed by atoms with Crippen molar-refractivity contribution in [2.45, 2.75) is 25.9 Å². The molecule has 1 atom stereocenters. The normalized spacial score (nSPS) is 19.4. The van der Waals surface area contributed by atoms with Gasteiger partial charge in [-0.15, -0.1) is 0 Å². The first-order valence-corrected chi connectivity index (χ1v) is 7.44. The van der Waals surface area contributed by atoms with Gasteiger partial charge in [-0.2, -0.15) is 0 Å². The smallest absolute Gasteiger partial charge is 0.242 e. The SMILES string of the molecule is CCC1C(=O)NCCN1c1ccc(CNC)cc1Br. The number of hydrogen-bond donors (Lipinski definition) is 2. The van der Waals surface area contributed by atoms with Crippen LogP contribution in [0.15, 0.2) is 22.7 Å². The molecule has 104 valence electrons. The fraction of sp³-hybridized carbons (Fsp3) is 0.500. The van der Waals surface area contributed by atoms with Crippen molar-refractivity contribution in [2.75, 3.05) is 25.0 Å². The van der Waals surface area contributed by atoms with Gasteiger partial charge in [0.25, 0.3) is 0 Å². The number of carbonyl (C=O) groups excluding carboxylic acids is 1. The third-order valence-electron chi connectivity index (χ3n) is 3.42. The van der Waals surface area contributed by atoms with E-state index in [4.69, 9.17) is 0 Å². The number of piperazine rings is 1. The van der Waals surface area contributed by atoms with E-state index in [1.54, 1.807) is 0 Å². The lowest BCUT2D eigenvalue weighted by molar-refractivity contribution is -0.123. The highest BCUT2D eigenvalue weighted by Crippen LogP contribution is 2.30. The van der Waals surface area contributed by atoms with Gasteiger partial charge in [0.2, 0.25) is 5.91 Å². The Morgan fingerprint density at radius 2 is 2.32 bits per heavy atom. The summed E-state index contributed by atoms with van der Waals surface area (Å²) in [5.41, 5.74) is 2.33. The molecule has 0 bridgehead atoms. The zero-order chi connectivity index (χ0) is 13.8. The van der Waals surface area contributed by atoms with Crippen LogP contribution in [0, 0.1) is 0 Å². The van der Waals surface area contributed by atoms with Crippen LogP contribution in [0.2, 0.25) is 0 Å². The van der Waals surface area contributed by atoms with Crippen molar-refractivity contribution in [3.05, 3.63) is 28.2 Å². The molecule has 0 saturated carbocycles. The zero-order valence-corrected chi connectivity index (χ0v) is 13.0. The number of anilines is 1. The second kappa shape index (κ2) is 6.39. The molecule has 0 radical (unpaired) electrons. The van der Waals surface area contributed by atoms with Gasteiger partial charge in [0.05, 0.1) is 5.69 Å². The third kappa shape index (κ3) is 3.09. The van der Waals surface area contributed by atoms with Gasteiger partial charge in [-0.05, 0) is 47.1 Å². The minimum Gasteiger partial charge on any atom is -0.357 e. The fourth-order valence-corrected chi connectivity index (χ4v) is 3.16. The van der Waals surface area contributed by atoms with Crippen LogP contribution in [0.3, 0.4) is 0 Å². The van der Waals surface area contributed by atoms with Crippen molar-refractivity contribution in [2.24, 2.45) is 0 Å². The largest absolute Gasteiger partial charge is 0.357 e. The second-order valence-corrected chi connectivity index (χ2v) is 5.58. The molecule has 1 saturated heterocycles. The molecule has 19 heavy (non-hydrogen) atoms. The minimum absolute atomic E-state index is 0.0693. The second-order valence-electron chi connectivity index (χ2n) is 4.72. The third-order valence-corrected chi connectivity index (χ3v) is 4.06. The number of nitrogens with zero attached hydrogens (tertiary/aromatic N) is 1. The first kappa shape index (κ1) is 14.3. The van der Waals surface area contributed by atoms with E-state index in [1.165, 1.54) is 5.56 Å². The molecule has 1 aromatic carbocycles. The van der Waals surface area contributed by atoms with E-state index in [1.807, 2.05) is 14.0 Å². The van der Waals surface area contributed by atoms with Crippen molar-refractivity contribution in [1.29, 1.82) is 0 Å². The maximum absolute atomic E-state index is 11.9. The molecule has 2 N–H and O–H groups in total. The summed E-state index contributed by atoms with van der Waals surface area (Å²) in [7, 11) is 1.93. The van der Waals surface area contributed by atoms with Crippen LogP contribution in [0.4, 0.5) is 5.69 Å². The number of halogens is 1. The average molecular weight is 326 g/mol. The Kier molecular flexibility index (Phi) is 4.82. The van der Waals surface area contributed by atoms with E-state index in [0.717, 1.165) is 29.7 Å². The Balaban J connectivity index is 2.27. The highest BCUT2D eigenvalue weighted by molar-refractivity contribution is 9.10. The highest BCUT2D eigenvalue weighted by atomic mass is 79.9. The van der Waals surface area contributed by atoms with Gasteiger partial charge in [-0.1, -0.05) is 13.0 Å². The Hall–Kier alpha value is -1.07. The standard InChI is InChI=1S/C14H20BrN3O/c1-3-12-14(19)17-6-7-18(12)13-5-4-10(9-16-2)8-11(13)15/h4-5,8,12,16H,3,6-7,9H2,1-2H3,(H,17,19). The van der Waals surface area contributed by atoms with Gasteiger partial charge >= 0.3 is 0 Å². The summed E-state index contributed by atoms with van der Waals surface area (Å²) in [6.07, 6.45) is 0.816. The lowest BCUT2D eigenvalue weighted by atomic mass is 10.1. The van der Waals surface area contributed by atoms with E-state index in [0.29, 0.717) is 6.54 Å². The van der Waals surface area contributed by atoms with Gasteiger partial charge in [-0.25, -0.2) is 0 Å². The number of benzene rings is 1. The molecular formula is C14H20BrN3O. The summed E-state index contributed by atoms with van der Waals surface area (Å²) in [6.45, 7) is 4.46. The molecule has 1 unspecified atom stereocenters. The van der Waals surface area contributed by atoms with E-state index in [-0.39, 0.29) is 11.9 Å². The molecule has 1 aliphatic heterocycles. The van der Waals surface area contributed by atoms with Crippen LogP contribution in [-0.2, 0) is 11.3 Å². The number of amides is 1. The van der Waals surface area contributed by atoms with Crippen LogP contribution in [-0.4, -0.2) is 32.1 Å². The molecule has 1 amide bonds. The minimum atomic E-state index is -0.0693. The molecule has 2 rings (SSSR count). The molecule has 4 nitrogen and oxygen atoms in total. The van der Waals surface area contributed by atoms with Gasteiger partial charge in [0.15, 0.2) is 0 Å². The summed E-state index contributed by atoms with van der Waals surface area (Å²) < 4.78 is 1.05. The highest BCUT2D eigenvalue weighted by Gasteiger charge is 2.29. The predicted molar refractivity (Wildman–Crippen MR) is 81.3 cm³/mol. The maximum atomic E-state index is 11.9. The van der Waals surface area contributed by atoms with E-state index in [2.05, 4.69) is 49.7 Å². The van der Waals surface area contributed by atoms with Crippen LogP contribution in [0.5, 0.6) is 0 Å². The zero-order valence-electron chi connectivity index (χ0n) is 11.4. The molecule has 0 aliphatic carbocycles.